The standard InChI is InChI=1S/C21H21NO6/c1-12-8-14-18(16(23)9-12)21(26)19-15(20(14)25)10-13(11-17(19)24)28-7-4-22-2-5-27-6-3-22/h8-11,23-24H,2-7H2,1H3. The van der Waals surface area contributed by atoms with E-state index in [9.17, 15) is 19.8 Å². The molecule has 28 heavy (non-hydrogen) atoms. The number of rotatable bonds is 4. The van der Waals surface area contributed by atoms with Crippen LogP contribution in [0.4, 0.5) is 0 Å². The first-order valence-corrected chi connectivity index (χ1v) is 9.18. The predicted molar refractivity (Wildman–Crippen MR) is 101 cm³/mol. The SMILES string of the molecule is Cc1cc(O)c2c(c1)C(=O)c1cc(OCCN3CCOCC3)cc(O)c1C2=O. The van der Waals surface area contributed by atoms with Gasteiger partial charge in [-0.25, -0.2) is 0 Å². The second kappa shape index (κ2) is 7.26. The van der Waals surface area contributed by atoms with Crippen molar-refractivity contribution >= 4 is 11.6 Å². The molecule has 2 aliphatic rings. The summed E-state index contributed by atoms with van der Waals surface area (Å²) in [4.78, 5) is 27.9. The van der Waals surface area contributed by atoms with Crippen LogP contribution in [0.15, 0.2) is 24.3 Å². The van der Waals surface area contributed by atoms with Crippen LogP contribution < -0.4 is 4.74 Å². The van der Waals surface area contributed by atoms with Crippen molar-refractivity contribution < 1.29 is 29.3 Å². The molecule has 1 saturated heterocycles. The summed E-state index contributed by atoms with van der Waals surface area (Å²) in [6, 6.07) is 5.81. The Bertz CT molecular complexity index is 962. The minimum atomic E-state index is -0.570. The van der Waals surface area contributed by atoms with Gasteiger partial charge >= 0.3 is 0 Å². The van der Waals surface area contributed by atoms with Crippen molar-refractivity contribution in [2.75, 3.05) is 39.5 Å². The Kier molecular flexibility index (Phi) is 4.78. The van der Waals surface area contributed by atoms with Crippen molar-refractivity contribution in [1.29, 1.82) is 0 Å². The van der Waals surface area contributed by atoms with Crippen molar-refractivity contribution in [3.63, 3.8) is 0 Å². The highest BCUT2D eigenvalue weighted by Gasteiger charge is 2.35. The van der Waals surface area contributed by atoms with Crippen LogP contribution in [0, 0.1) is 6.92 Å². The normalized spacial score (nSPS) is 16.6. The molecule has 1 aliphatic heterocycles. The monoisotopic (exact) mass is 383 g/mol. The highest BCUT2D eigenvalue weighted by atomic mass is 16.5. The lowest BCUT2D eigenvalue weighted by atomic mass is 9.82. The van der Waals surface area contributed by atoms with Gasteiger partial charge in [-0.15, -0.1) is 0 Å². The van der Waals surface area contributed by atoms with E-state index in [0.717, 1.165) is 13.1 Å². The number of benzene rings is 2. The largest absolute Gasteiger partial charge is 0.507 e. The summed E-state index contributed by atoms with van der Waals surface area (Å²) in [5.74, 6) is -1.25. The smallest absolute Gasteiger partial charge is 0.201 e. The summed E-state index contributed by atoms with van der Waals surface area (Å²) in [6.45, 7) is 5.89. The van der Waals surface area contributed by atoms with Gasteiger partial charge in [-0.2, -0.15) is 0 Å². The van der Waals surface area contributed by atoms with E-state index < -0.39 is 11.6 Å². The fraction of sp³-hybridized carbons (Fsp3) is 0.333. The maximum absolute atomic E-state index is 12.9. The van der Waals surface area contributed by atoms with Crippen molar-refractivity contribution in [3.05, 3.63) is 52.1 Å². The number of fused-ring (bicyclic) bond motifs is 2. The first-order chi connectivity index (χ1) is 13.5. The van der Waals surface area contributed by atoms with Gasteiger partial charge in [0.25, 0.3) is 0 Å². The highest BCUT2D eigenvalue weighted by Crippen LogP contribution is 2.39. The summed E-state index contributed by atoms with van der Waals surface area (Å²) in [5.41, 5.74) is 0.725. The topological polar surface area (TPSA) is 96.3 Å². The highest BCUT2D eigenvalue weighted by molar-refractivity contribution is 6.30. The lowest BCUT2D eigenvalue weighted by molar-refractivity contribution is 0.0322. The molecule has 0 unspecified atom stereocenters. The number of aryl methyl sites for hydroxylation is 1. The van der Waals surface area contributed by atoms with Gasteiger partial charge in [-0.1, -0.05) is 0 Å². The first kappa shape index (κ1) is 18.5. The Morgan fingerprint density at radius 3 is 2.32 bits per heavy atom. The maximum atomic E-state index is 12.9. The number of hydrogen-bond donors (Lipinski definition) is 2. The van der Waals surface area contributed by atoms with Crippen LogP contribution in [-0.4, -0.2) is 66.1 Å². The molecule has 0 radical (unpaired) electrons. The van der Waals surface area contributed by atoms with Gasteiger partial charge in [0.05, 0.1) is 24.3 Å². The van der Waals surface area contributed by atoms with Crippen molar-refractivity contribution in [3.8, 4) is 17.2 Å². The summed E-state index contributed by atoms with van der Waals surface area (Å²) in [7, 11) is 0. The summed E-state index contributed by atoms with van der Waals surface area (Å²) < 4.78 is 11.0. The lowest BCUT2D eigenvalue weighted by Crippen LogP contribution is -2.38. The van der Waals surface area contributed by atoms with Crippen LogP contribution in [-0.2, 0) is 4.74 Å². The van der Waals surface area contributed by atoms with E-state index in [2.05, 4.69) is 4.90 Å². The number of phenols is 2. The quantitative estimate of drug-likeness (QED) is 0.710. The van der Waals surface area contributed by atoms with Gasteiger partial charge in [0.1, 0.15) is 23.9 Å². The van der Waals surface area contributed by atoms with Crippen LogP contribution in [0.25, 0.3) is 0 Å². The molecule has 0 bridgehead atoms. The molecule has 1 heterocycles. The third-order valence-electron chi connectivity index (χ3n) is 5.08. The zero-order valence-corrected chi connectivity index (χ0v) is 15.5. The molecule has 2 aromatic carbocycles. The van der Waals surface area contributed by atoms with Gasteiger partial charge in [-0.3, -0.25) is 14.5 Å². The molecule has 0 amide bonds. The Morgan fingerprint density at radius 2 is 1.61 bits per heavy atom. The number of phenolic OH excluding ortho intramolecular Hbond substituents is 2. The molecule has 1 fully saturated rings. The van der Waals surface area contributed by atoms with Crippen molar-refractivity contribution in [2.45, 2.75) is 6.92 Å². The number of aromatic hydroxyl groups is 2. The molecule has 1 aliphatic carbocycles. The van der Waals surface area contributed by atoms with E-state index in [1.807, 2.05) is 0 Å². The fourth-order valence-corrected chi connectivity index (χ4v) is 3.67. The maximum Gasteiger partial charge on any atom is 0.201 e. The molecule has 0 spiro atoms. The second-order valence-electron chi connectivity index (χ2n) is 7.03. The zero-order valence-electron chi connectivity index (χ0n) is 15.5. The molecule has 146 valence electrons. The average molecular weight is 383 g/mol. The van der Waals surface area contributed by atoms with Gasteiger partial charge in [0, 0.05) is 36.8 Å². The molecule has 4 rings (SSSR count). The number of nitrogens with zero attached hydrogens (tertiary/aromatic N) is 1. The molecule has 7 heteroatoms. The second-order valence-corrected chi connectivity index (χ2v) is 7.03. The summed E-state index contributed by atoms with van der Waals surface area (Å²) >= 11 is 0. The Labute approximate surface area is 162 Å². The lowest BCUT2D eigenvalue weighted by Gasteiger charge is -2.26. The summed E-state index contributed by atoms with van der Waals surface area (Å²) in [5, 5.41) is 20.5. The van der Waals surface area contributed by atoms with Crippen molar-refractivity contribution in [1.82, 2.24) is 4.90 Å². The third kappa shape index (κ3) is 3.23. The van der Waals surface area contributed by atoms with Crippen molar-refractivity contribution in [2.24, 2.45) is 0 Å². The van der Waals surface area contributed by atoms with Gasteiger partial charge < -0.3 is 19.7 Å². The molecular formula is C21H21NO6. The van der Waals surface area contributed by atoms with Crippen LogP contribution >= 0.6 is 0 Å². The number of carbonyl (C=O) groups excluding carboxylic acids is 2. The Hall–Kier alpha value is -2.90. The molecule has 0 aromatic heterocycles. The van der Waals surface area contributed by atoms with Gasteiger partial charge in [0.2, 0.25) is 5.78 Å². The minimum Gasteiger partial charge on any atom is -0.507 e. The molecular weight excluding hydrogens is 362 g/mol. The number of ether oxygens (including phenoxy) is 2. The zero-order chi connectivity index (χ0) is 19.8. The molecule has 7 nitrogen and oxygen atoms in total. The van der Waals surface area contributed by atoms with Crippen LogP contribution in [0.1, 0.15) is 37.4 Å². The fourth-order valence-electron chi connectivity index (χ4n) is 3.67. The Morgan fingerprint density at radius 1 is 0.964 bits per heavy atom. The van der Waals surface area contributed by atoms with Crippen LogP contribution in [0.3, 0.4) is 0 Å². The summed E-state index contributed by atoms with van der Waals surface area (Å²) in [6.07, 6.45) is 0. The van der Waals surface area contributed by atoms with E-state index in [-0.39, 0.29) is 33.8 Å². The van der Waals surface area contributed by atoms with E-state index in [1.54, 1.807) is 13.0 Å². The Balaban J connectivity index is 1.60. The van der Waals surface area contributed by atoms with E-state index in [0.29, 0.717) is 37.7 Å². The molecule has 2 aromatic rings. The first-order valence-electron chi connectivity index (χ1n) is 9.18. The molecule has 2 N–H and O–H groups in total. The number of ketones is 2. The van der Waals surface area contributed by atoms with Crippen LogP contribution in [0.5, 0.6) is 17.2 Å². The van der Waals surface area contributed by atoms with E-state index in [1.165, 1.54) is 18.2 Å². The molecule has 0 saturated carbocycles. The number of carbonyl (C=O) groups is 2. The van der Waals surface area contributed by atoms with Gasteiger partial charge in [-0.05, 0) is 30.7 Å². The molecule has 0 atom stereocenters. The number of morpholine rings is 1. The van der Waals surface area contributed by atoms with Gasteiger partial charge in [0.15, 0.2) is 5.78 Å². The number of hydrogen-bond acceptors (Lipinski definition) is 7. The van der Waals surface area contributed by atoms with Crippen LogP contribution in [0.2, 0.25) is 0 Å². The predicted octanol–water partition coefficient (Wildman–Crippen LogP) is 1.89. The average Bonchev–Trinajstić information content (AvgIpc) is 2.66. The van der Waals surface area contributed by atoms with E-state index in [4.69, 9.17) is 9.47 Å². The van der Waals surface area contributed by atoms with E-state index >= 15 is 0 Å². The minimum absolute atomic E-state index is 0.0700. The third-order valence-corrected chi connectivity index (χ3v) is 5.08.